The van der Waals surface area contributed by atoms with E-state index in [1.54, 1.807) is 0 Å². The molecule has 0 aliphatic carbocycles. The van der Waals surface area contributed by atoms with E-state index in [0.717, 1.165) is 187 Å². The van der Waals surface area contributed by atoms with Crippen LogP contribution in [-0.2, 0) is 0 Å². The summed E-state index contributed by atoms with van der Waals surface area (Å²) >= 11 is 2.49. The Kier molecular flexibility index (Phi) is 15.7. The Morgan fingerprint density at radius 2 is 0.545 bits per heavy atom. The van der Waals surface area contributed by atoms with Gasteiger partial charge in [0.05, 0.1) is 57.3 Å². The van der Waals surface area contributed by atoms with E-state index in [1.807, 2.05) is 60.7 Å². The molecule has 13 heteroatoms. The van der Waals surface area contributed by atoms with Gasteiger partial charge in [0.1, 0.15) is 22.1 Å². The number of rotatable bonds is 10. The van der Waals surface area contributed by atoms with Crippen LogP contribution < -0.4 is 0 Å². The SMILES string of the molecule is c1ccc(-c2cc(-c3cccc(-c4ccc5c(c4)nc(-c4ccccc4)c4ccc6nsnc6c45)c3)nc(-c3ccccc3)n2)cc1.c1ccc(-c2nc3cc(-c4cccc(-c5nc(-c6cc7ccccc7c7ccccc67)nc(-c6cc7ccccc7c7ccccc67)n5)c4)ccc3c3c2ccc2nsnc23)cc1. The zero-order valence-corrected chi connectivity index (χ0v) is 60.3. The normalized spacial score (nSPS) is 11.6. The molecular weight excluding hydrogens is 1380 g/mol. The lowest BCUT2D eigenvalue weighted by atomic mass is 9.95. The molecule has 0 unspecified atom stereocenters. The predicted octanol–water partition coefficient (Wildman–Crippen LogP) is 25.0. The summed E-state index contributed by atoms with van der Waals surface area (Å²) in [6, 6.07) is 120. The molecule has 0 radical (unpaired) electrons. The first kappa shape index (κ1) is 64.0. The fourth-order valence-electron chi connectivity index (χ4n) is 15.7. The molecule has 0 spiro atoms. The molecule has 16 aromatic carbocycles. The van der Waals surface area contributed by atoms with Crippen LogP contribution in [0.25, 0.3) is 221 Å². The van der Waals surface area contributed by atoms with Gasteiger partial charge in [-0.1, -0.05) is 279 Å². The van der Waals surface area contributed by atoms with Gasteiger partial charge in [-0.3, -0.25) is 0 Å². The predicted molar refractivity (Wildman–Crippen MR) is 454 cm³/mol. The Labute approximate surface area is 638 Å². The summed E-state index contributed by atoms with van der Waals surface area (Å²) in [4.78, 5) is 36.7. The van der Waals surface area contributed by atoms with Crippen LogP contribution in [0.3, 0.4) is 0 Å². The van der Waals surface area contributed by atoms with Gasteiger partial charge in [0.25, 0.3) is 0 Å². The highest BCUT2D eigenvalue weighted by atomic mass is 32.1. The largest absolute Gasteiger partial charge is 0.247 e. The molecule has 0 amide bonds. The molecule has 6 heterocycles. The highest BCUT2D eigenvalue weighted by Gasteiger charge is 2.23. The van der Waals surface area contributed by atoms with Gasteiger partial charge in [-0.2, -0.15) is 17.5 Å². The van der Waals surface area contributed by atoms with Gasteiger partial charge in [0.2, 0.25) is 0 Å². The summed E-state index contributed by atoms with van der Waals surface area (Å²) in [6.07, 6.45) is 0. The molecule has 0 bridgehead atoms. The van der Waals surface area contributed by atoms with Gasteiger partial charge in [-0.05, 0) is 132 Å². The zero-order valence-electron chi connectivity index (χ0n) is 58.6. The highest BCUT2D eigenvalue weighted by molar-refractivity contribution is 7.00. The number of benzene rings is 16. The van der Waals surface area contributed by atoms with Crippen molar-refractivity contribution in [3.05, 3.63) is 346 Å². The third kappa shape index (κ3) is 11.4. The first-order valence-electron chi connectivity index (χ1n) is 36.4. The minimum Gasteiger partial charge on any atom is -0.247 e. The van der Waals surface area contributed by atoms with Crippen LogP contribution >= 0.6 is 23.5 Å². The van der Waals surface area contributed by atoms with Crippen molar-refractivity contribution in [3.63, 3.8) is 0 Å². The average molecular weight is 1440 g/mol. The van der Waals surface area contributed by atoms with Crippen molar-refractivity contribution in [2.75, 3.05) is 0 Å². The van der Waals surface area contributed by atoms with Crippen molar-refractivity contribution >= 4 is 132 Å². The van der Waals surface area contributed by atoms with Gasteiger partial charge in [0, 0.05) is 76.8 Å². The summed E-state index contributed by atoms with van der Waals surface area (Å²) in [5.74, 6) is 2.54. The quantitative estimate of drug-likeness (QED) is 0.121. The molecule has 512 valence electrons. The van der Waals surface area contributed by atoms with Gasteiger partial charge in [-0.25, -0.2) is 34.9 Å². The Morgan fingerprint density at radius 3 is 1.05 bits per heavy atom. The molecule has 6 aromatic heterocycles. The maximum atomic E-state index is 5.36. The second kappa shape index (κ2) is 26.9. The maximum Gasteiger partial charge on any atom is 0.164 e. The summed E-state index contributed by atoms with van der Waals surface area (Å²) in [7, 11) is 0. The number of hydrogen-bond donors (Lipinski definition) is 0. The van der Waals surface area contributed by atoms with E-state index >= 15 is 0 Å². The van der Waals surface area contributed by atoms with E-state index in [-0.39, 0.29) is 0 Å². The van der Waals surface area contributed by atoms with Crippen LogP contribution in [0.2, 0.25) is 0 Å². The Balaban J connectivity index is 0.000000146. The molecule has 0 fully saturated rings. The number of hydrogen-bond acceptors (Lipinski definition) is 13. The molecule has 0 N–H and O–H groups in total. The first-order chi connectivity index (χ1) is 54.5. The Hall–Kier alpha value is -14.4. The Morgan fingerprint density at radius 1 is 0.182 bits per heavy atom. The lowest BCUT2D eigenvalue weighted by Crippen LogP contribution is -2.01. The van der Waals surface area contributed by atoms with Crippen molar-refractivity contribution < 1.29 is 0 Å². The molecule has 0 aliphatic heterocycles. The van der Waals surface area contributed by atoms with Crippen molar-refractivity contribution in [2.24, 2.45) is 0 Å². The summed E-state index contributed by atoms with van der Waals surface area (Å²) in [5, 5.41) is 15.5. The third-order valence-electron chi connectivity index (χ3n) is 20.9. The van der Waals surface area contributed by atoms with Crippen molar-refractivity contribution in [3.8, 4) is 113 Å². The fourth-order valence-corrected chi connectivity index (χ4v) is 16.7. The second-order valence-electron chi connectivity index (χ2n) is 27.4. The molecule has 22 rings (SSSR count). The minimum absolute atomic E-state index is 0.598. The molecule has 22 aromatic rings. The van der Waals surface area contributed by atoms with Crippen molar-refractivity contribution in [2.45, 2.75) is 0 Å². The average Bonchev–Trinajstić information content (AvgIpc) is 1.36. The summed E-state index contributed by atoms with van der Waals surface area (Å²) in [5.41, 5.74) is 21.3. The van der Waals surface area contributed by atoms with Crippen LogP contribution in [0.1, 0.15) is 0 Å². The fraction of sp³-hybridized carbons (Fsp3) is 0. The summed E-state index contributed by atoms with van der Waals surface area (Å²) < 4.78 is 18.6. The lowest BCUT2D eigenvalue weighted by molar-refractivity contribution is 1.08. The van der Waals surface area contributed by atoms with Crippen LogP contribution in [-0.4, -0.2) is 52.4 Å². The van der Waals surface area contributed by atoms with E-state index in [4.69, 9.17) is 43.6 Å². The minimum atomic E-state index is 0.598. The van der Waals surface area contributed by atoms with E-state index in [1.165, 1.54) is 34.2 Å². The van der Waals surface area contributed by atoms with Crippen molar-refractivity contribution in [1.29, 1.82) is 0 Å². The molecule has 0 saturated heterocycles. The van der Waals surface area contributed by atoms with E-state index in [2.05, 4.69) is 294 Å². The third-order valence-corrected chi connectivity index (χ3v) is 22.0. The van der Waals surface area contributed by atoms with E-state index < -0.39 is 0 Å². The molecular formula is C97H57N11S2. The number of fused-ring (bicyclic) bond motifs is 16. The smallest absolute Gasteiger partial charge is 0.164 e. The van der Waals surface area contributed by atoms with Crippen LogP contribution in [0.5, 0.6) is 0 Å². The monoisotopic (exact) mass is 1440 g/mol. The van der Waals surface area contributed by atoms with Crippen LogP contribution in [0.4, 0.5) is 0 Å². The standard InChI is InChI=1S/C56H32N6S.C41H25N5S/c1-2-13-33(14-3-1)52-46-27-28-49-53(62-63-61-49)51(46)45-26-25-35(32-50(45)57-52)34-17-12-18-38(29-34)54-58-55(47-30-36-15-4-6-19-39(36)41-21-8-10-23-43(41)47)60-56(59-54)48-31-37-16-5-7-20-40(37)42-22-9-11-24-44(42)48;1-4-11-26(12-5-1)35-25-36(44-41(43-35)28-15-8-3-9-16-28)31-18-10-17-29(23-31)30-19-20-32-37(24-30)42-39(27-13-6-2-7-14-27)33-21-22-34-40(38(32)33)46-47-45-34/h1-32H;1-25H. The number of pyridine rings is 2. The van der Waals surface area contributed by atoms with Crippen LogP contribution in [0, 0.1) is 0 Å². The molecule has 11 nitrogen and oxygen atoms in total. The molecule has 110 heavy (non-hydrogen) atoms. The van der Waals surface area contributed by atoms with Gasteiger partial charge in [-0.15, -0.1) is 0 Å². The van der Waals surface area contributed by atoms with Gasteiger partial charge >= 0.3 is 0 Å². The molecule has 0 aliphatic rings. The number of aromatic nitrogens is 11. The first-order valence-corrected chi connectivity index (χ1v) is 37.8. The van der Waals surface area contributed by atoms with E-state index in [9.17, 15) is 0 Å². The molecule has 0 saturated carbocycles. The van der Waals surface area contributed by atoms with E-state index in [0.29, 0.717) is 23.3 Å². The zero-order chi connectivity index (χ0) is 72.6. The number of nitrogens with zero attached hydrogens (tertiary/aromatic N) is 11. The molecule has 0 atom stereocenters. The highest BCUT2D eigenvalue weighted by Crippen LogP contribution is 2.44. The van der Waals surface area contributed by atoms with Gasteiger partial charge in [0.15, 0.2) is 23.3 Å². The van der Waals surface area contributed by atoms with Gasteiger partial charge < -0.3 is 0 Å². The maximum absolute atomic E-state index is 5.36. The Bertz CT molecular complexity index is 7230. The second-order valence-corrected chi connectivity index (χ2v) is 28.5. The van der Waals surface area contributed by atoms with Crippen LogP contribution in [0.15, 0.2) is 346 Å². The lowest BCUT2D eigenvalue weighted by Gasteiger charge is -2.14. The van der Waals surface area contributed by atoms with Crippen molar-refractivity contribution in [1.82, 2.24) is 52.4 Å². The summed E-state index contributed by atoms with van der Waals surface area (Å²) in [6.45, 7) is 0. The topological polar surface area (TPSA) is 142 Å².